The molecular formula is C53H85N3O7. The first-order chi connectivity index (χ1) is 30.0. The van der Waals surface area contributed by atoms with Crippen molar-refractivity contribution in [1.82, 2.24) is 15.5 Å². The van der Waals surface area contributed by atoms with Gasteiger partial charge in [0.25, 0.3) is 0 Å². The van der Waals surface area contributed by atoms with E-state index in [4.69, 9.17) is 9.47 Å². The van der Waals surface area contributed by atoms with E-state index in [0.717, 1.165) is 88.3 Å². The number of benzene rings is 2. The van der Waals surface area contributed by atoms with E-state index >= 15 is 0 Å². The number of alkyl carbamates (subject to hydrolysis) is 2. The molecular weight excluding hydrogens is 791 g/mol. The van der Waals surface area contributed by atoms with E-state index in [1.54, 1.807) is 20.8 Å². The SMILES string of the molecule is CCCCC[C@H](C)C(=O)CCCCCCCN(CCCCCCCC(=O)[C@H](CCCCNC(=O)OC(C)(C)C)NC(=O)OC(C)(C)C)C(=O)CC(c1ccccc1)c1ccccc1. The summed E-state index contributed by atoms with van der Waals surface area (Å²) in [5.74, 6) is 0.693. The third kappa shape index (κ3) is 26.2. The molecule has 0 saturated carbocycles. The third-order valence-corrected chi connectivity index (χ3v) is 11.3. The zero-order valence-corrected chi connectivity index (χ0v) is 40.6. The van der Waals surface area contributed by atoms with Crippen molar-refractivity contribution < 1.29 is 33.4 Å². The Morgan fingerprint density at radius 3 is 1.57 bits per heavy atom. The Hall–Kier alpha value is -4.21. The maximum atomic E-state index is 14.1. The van der Waals surface area contributed by atoms with Crippen LogP contribution in [0.5, 0.6) is 0 Å². The average molecular weight is 876 g/mol. The van der Waals surface area contributed by atoms with Crippen LogP contribution in [0.2, 0.25) is 0 Å². The molecule has 354 valence electrons. The summed E-state index contributed by atoms with van der Waals surface area (Å²) < 4.78 is 10.8. The zero-order chi connectivity index (χ0) is 46.5. The lowest BCUT2D eigenvalue weighted by Gasteiger charge is -2.26. The molecule has 10 nitrogen and oxygen atoms in total. The molecule has 3 amide bonds. The van der Waals surface area contributed by atoms with Crippen LogP contribution in [0.4, 0.5) is 9.59 Å². The largest absolute Gasteiger partial charge is 0.444 e. The predicted molar refractivity (Wildman–Crippen MR) is 256 cm³/mol. The highest BCUT2D eigenvalue weighted by atomic mass is 16.6. The molecule has 0 unspecified atom stereocenters. The number of hydrogen-bond donors (Lipinski definition) is 2. The van der Waals surface area contributed by atoms with Crippen LogP contribution in [0.15, 0.2) is 60.7 Å². The van der Waals surface area contributed by atoms with Gasteiger partial charge in [-0.15, -0.1) is 0 Å². The molecule has 2 aromatic rings. The highest BCUT2D eigenvalue weighted by Gasteiger charge is 2.25. The van der Waals surface area contributed by atoms with Gasteiger partial charge in [0.2, 0.25) is 5.91 Å². The van der Waals surface area contributed by atoms with E-state index in [1.165, 1.54) is 12.8 Å². The second kappa shape index (κ2) is 30.8. The van der Waals surface area contributed by atoms with Gasteiger partial charge >= 0.3 is 12.2 Å². The molecule has 0 aliphatic heterocycles. The summed E-state index contributed by atoms with van der Waals surface area (Å²) in [4.78, 5) is 66.8. The van der Waals surface area contributed by atoms with E-state index in [9.17, 15) is 24.0 Å². The summed E-state index contributed by atoms with van der Waals surface area (Å²) in [6, 6.07) is 19.9. The van der Waals surface area contributed by atoms with Gasteiger partial charge in [-0.3, -0.25) is 14.4 Å². The Bertz CT molecular complexity index is 1550. The van der Waals surface area contributed by atoms with E-state index in [0.29, 0.717) is 63.8 Å². The van der Waals surface area contributed by atoms with Gasteiger partial charge < -0.3 is 25.0 Å². The van der Waals surface area contributed by atoms with Crippen molar-refractivity contribution >= 4 is 29.7 Å². The van der Waals surface area contributed by atoms with Crippen molar-refractivity contribution in [2.75, 3.05) is 19.6 Å². The molecule has 10 heteroatoms. The van der Waals surface area contributed by atoms with Crippen LogP contribution in [0.1, 0.15) is 201 Å². The zero-order valence-electron chi connectivity index (χ0n) is 40.6. The monoisotopic (exact) mass is 876 g/mol. The van der Waals surface area contributed by atoms with Crippen molar-refractivity contribution in [1.29, 1.82) is 0 Å². The first-order valence-electron chi connectivity index (χ1n) is 24.4. The molecule has 0 bridgehead atoms. The molecule has 0 spiro atoms. The smallest absolute Gasteiger partial charge is 0.408 e. The first-order valence-corrected chi connectivity index (χ1v) is 24.4. The molecule has 2 rings (SSSR count). The molecule has 0 radical (unpaired) electrons. The van der Waals surface area contributed by atoms with Gasteiger partial charge in [-0.2, -0.15) is 0 Å². The second-order valence-corrected chi connectivity index (χ2v) is 19.4. The summed E-state index contributed by atoms with van der Waals surface area (Å²) in [7, 11) is 0. The number of carbonyl (C=O) groups is 5. The van der Waals surface area contributed by atoms with Crippen molar-refractivity contribution in [2.24, 2.45) is 5.92 Å². The lowest BCUT2D eigenvalue weighted by Crippen LogP contribution is -2.43. The Morgan fingerprint density at radius 2 is 1.05 bits per heavy atom. The second-order valence-electron chi connectivity index (χ2n) is 19.4. The number of Topliss-reactive ketones (excluding diaryl/α,β-unsaturated/α-hetero) is 2. The van der Waals surface area contributed by atoms with Crippen molar-refractivity contribution in [3.8, 4) is 0 Å². The number of ether oxygens (including phenoxy) is 2. The third-order valence-electron chi connectivity index (χ3n) is 11.3. The van der Waals surface area contributed by atoms with Crippen LogP contribution in [-0.4, -0.2) is 71.4 Å². The van der Waals surface area contributed by atoms with Gasteiger partial charge in [0.15, 0.2) is 5.78 Å². The first kappa shape index (κ1) is 54.9. The predicted octanol–water partition coefficient (Wildman–Crippen LogP) is 12.7. The molecule has 2 aromatic carbocycles. The minimum Gasteiger partial charge on any atom is -0.444 e. The van der Waals surface area contributed by atoms with Crippen LogP contribution in [0.25, 0.3) is 0 Å². The standard InChI is InChI=1S/C53H85N3O7/c1-9-10-19-30-42(2)47(57)36-24-13-11-15-28-39-56(49(59)41-45(43-31-20-17-21-32-43)44-33-22-18-23-34-44)40-29-16-12-14-25-37-48(58)46(55-51(61)63-53(6,7)8)35-26-27-38-54-50(60)62-52(3,4)5/h17-18,20-23,31-34,42,45-46H,9-16,19,24-30,35-41H2,1-8H3,(H,54,60)(H,55,61)/t42-,46-/m0/s1. The highest BCUT2D eigenvalue weighted by Crippen LogP contribution is 2.29. The fraction of sp³-hybridized carbons (Fsp3) is 0.679. The molecule has 0 aromatic heterocycles. The van der Waals surface area contributed by atoms with E-state index in [2.05, 4.69) is 53.6 Å². The van der Waals surface area contributed by atoms with Crippen molar-refractivity contribution in [3.63, 3.8) is 0 Å². The van der Waals surface area contributed by atoms with Crippen molar-refractivity contribution in [2.45, 2.75) is 207 Å². The van der Waals surface area contributed by atoms with Crippen LogP contribution in [0, 0.1) is 5.92 Å². The number of hydrogen-bond acceptors (Lipinski definition) is 7. The van der Waals surface area contributed by atoms with Crippen molar-refractivity contribution in [3.05, 3.63) is 71.8 Å². The molecule has 63 heavy (non-hydrogen) atoms. The quantitative estimate of drug-likeness (QED) is 0.0700. The average Bonchev–Trinajstić information content (AvgIpc) is 3.22. The molecule has 0 fully saturated rings. The molecule has 0 heterocycles. The summed E-state index contributed by atoms with van der Waals surface area (Å²) in [6.07, 6.45) is 16.0. The van der Waals surface area contributed by atoms with Gasteiger partial charge in [-0.25, -0.2) is 9.59 Å². The normalized spacial score (nSPS) is 12.7. The Kier molecular flexibility index (Phi) is 26.9. The summed E-state index contributed by atoms with van der Waals surface area (Å²) in [6.45, 7) is 16.9. The minimum absolute atomic E-state index is 0.0207. The van der Waals surface area contributed by atoms with Gasteiger partial charge in [-0.05, 0) is 104 Å². The number of nitrogens with one attached hydrogen (secondary N) is 2. The molecule has 0 aliphatic carbocycles. The van der Waals surface area contributed by atoms with Crippen LogP contribution >= 0.6 is 0 Å². The Balaban J connectivity index is 1.92. The fourth-order valence-corrected chi connectivity index (χ4v) is 7.75. The Labute approximate surface area is 381 Å². The number of ketones is 2. The number of nitrogens with zero attached hydrogens (tertiary/aromatic N) is 1. The van der Waals surface area contributed by atoms with E-state index in [1.807, 2.05) is 57.2 Å². The number of rotatable bonds is 32. The highest BCUT2D eigenvalue weighted by molar-refractivity contribution is 5.87. The maximum Gasteiger partial charge on any atom is 0.408 e. The lowest BCUT2D eigenvalue weighted by atomic mass is 9.88. The number of amides is 3. The minimum atomic E-state index is -0.685. The van der Waals surface area contributed by atoms with E-state index < -0.39 is 29.4 Å². The van der Waals surface area contributed by atoms with Crippen LogP contribution < -0.4 is 10.6 Å². The van der Waals surface area contributed by atoms with Gasteiger partial charge in [0.1, 0.15) is 17.0 Å². The lowest BCUT2D eigenvalue weighted by molar-refractivity contribution is -0.131. The molecule has 2 atom stereocenters. The van der Waals surface area contributed by atoms with E-state index in [-0.39, 0.29) is 23.5 Å². The van der Waals surface area contributed by atoms with Crippen LogP contribution in [0.3, 0.4) is 0 Å². The van der Waals surface area contributed by atoms with Gasteiger partial charge in [0.05, 0.1) is 6.04 Å². The fourth-order valence-electron chi connectivity index (χ4n) is 7.75. The summed E-state index contributed by atoms with van der Waals surface area (Å²) in [5.41, 5.74) is 1.01. The molecule has 0 aliphatic rings. The molecule has 0 saturated heterocycles. The maximum absolute atomic E-state index is 14.1. The molecule has 2 N–H and O–H groups in total. The van der Waals surface area contributed by atoms with Gasteiger partial charge in [-0.1, -0.05) is 132 Å². The Morgan fingerprint density at radius 1 is 0.571 bits per heavy atom. The number of carbonyl (C=O) groups excluding carboxylic acids is 5. The summed E-state index contributed by atoms with van der Waals surface area (Å²) in [5, 5.41) is 5.54. The van der Waals surface area contributed by atoms with Crippen LogP contribution in [-0.2, 0) is 23.9 Å². The topological polar surface area (TPSA) is 131 Å². The van der Waals surface area contributed by atoms with Gasteiger partial charge in [0, 0.05) is 50.7 Å². The summed E-state index contributed by atoms with van der Waals surface area (Å²) >= 11 is 0. The number of unbranched alkanes of at least 4 members (excludes halogenated alkanes) is 11.